The molecule has 0 aliphatic heterocycles. The molecule has 1 aromatic heterocycles. The average molecular weight is 278 g/mol. The highest BCUT2D eigenvalue weighted by molar-refractivity contribution is 9.10. The Labute approximate surface area is 98.4 Å². The van der Waals surface area contributed by atoms with Crippen LogP contribution in [0.4, 0.5) is 5.82 Å². The second-order valence-corrected chi connectivity index (χ2v) is 4.59. The third-order valence-corrected chi connectivity index (χ3v) is 3.20. The maximum Gasteiger partial charge on any atom is 0.128 e. The Balaban J connectivity index is 3.00. The summed E-state index contributed by atoms with van der Waals surface area (Å²) in [6.07, 6.45) is 1.80. The van der Waals surface area contributed by atoms with E-state index >= 15 is 0 Å². The molecular weight excluding hydrogens is 263 g/mol. The Morgan fingerprint density at radius 3 is 2.71 bits per heavy atom. The molecule has 0 unspecified atom stereocenters. The van der Waals surface area contributed by atoms with Gasteiger partial charge in [-0.05, 0) is 41.4 Å². The van der Waals surface area contributed by atoms with Crippen LogP contribution in [0.1, 0.15) is 19.4 Å². The standard InChI is InChI=1S/C10H14BrClN2/c1-7(2)14(3)10-4-8(5-12)9(11)6-13-10/h4,6-7H,5H2,1-3H3. The molecule has 0 aromatic carbocycles. The Kier molecular flexibility index (Phi) is 4.20. The zero-order valence-electron chi connectivity index (χ0n) is 8.59. The zero-order chi connectivity index (χ0) is 10.7. The fourth-order valence-electron chi connectivity index (χ4n) is 1.03. The van der Waals surface area contributed by atoms with Gasteiger partial charge in [-0.3, -0.25) is 0 Å². The van der Waals surface area contributed by atoms with Crippen LogP contribution in [0.2, 0.25) is 0 Å². The van der Waals surface area contributed by atoms with E-state index in [0.717, 1.165) is 15.9 Å². The fourth-order valence-corrected chi connectivity index (χ4v) is 1.77. The molecule has 0 saturated carbocycles. The molecule has 0 atom stereocenters. The number of alkyl halides is 1. The minimum absolute atomic E-state index is 0.437. The monoisotopic (exact) mass is 276 g/mol. The van der Waals surface area contributed by atoms with E-state index < -0.39 is 0 Å². The van der Waals surface area contributed by atoms with Crippen LogP contribution in [-0.4, -0.2) is 18.1 Å². The summed E-state index contributed by atoms with van der Waals surface area (Å²) in [6, 6.07) is 2.45. The minimum atomic E-state index is 0.437. The summed E-state index contributed by atoms with van der Waals surface area (Å²) in [4.78, 5) is 6.44. The highest BCUT2D eigenvalue weighted by Gasteiger charge is 2.08. The lowest BCUT2D eigenvalue weighted by Gasteiger charge is -2.23. The summed E-state index contributed by atoms with van der Waals surface area (Å²) in [6.45, 7) is 4.26. The molecule has 0 fully saturated rings. The molecule has 0 amide bonds. The molecule has 0 radical (unpaired) electrons. The molecule has 0 spiro atoms. The minimum Gasteiger partial charge on any atom is -0.357 e. The SMILES string of the molecule is CC(C)N(C)c1cc(CCl)c(Br)cn1. The lowest BCUT2D eigenvalue weighted by molar-refractivity contribution is 0.742. The third kappa shape index (κ3) is 2.61. The normalized spacial score (nSPS) is 10.7. The van der Waals surface area contributed by atoms with Gasteiger partial charge in [0.05, 0.1) is 0 Å². The van der Waals surface area contributed by atoms with E-state index in [1.807, 2.05) is 13.1 Å². The van der Waals surface area contributed by atoms with Crippen molar-refractivity contribution in [1.29, 1.82) is 0 Å². The van der Waals surface area contributed by atoms with E-state index in [1.165, 1.54) is 0 Å². The van der Waals surface area contributed by atoms with Gasteiger partial charge in [0.25, 0.3) is 0 Å². The Morgan fingerprint density at radius 2 is 2.21 bits per heavy atom. The molecular formula is C10H14BrClN2. The van der Waals surface area contributed by atoms with E-state index in [1.54, 1.807) is 6.20 Å². The molecule has 0 saturated heterocycles. The summed E-state index contributed by atoms with van der Waals surface area (Å²) in [7, 11) is 2.03. The van der Waals surface area contributed by atoms with Gasteiger partial charge >= 0.3 is 0 Å². The van der Waals surface area contributed by atoms with Crippen LogP contribution in [0.5, 0.6) is 0 Å². The molecule has 0 N–H and O–H groups in total. The van der Waals surface area contributed by atoms with Crippen LogP contribution in [-0.2, 0) is 5.88 Å². The summed E-state index contributed by atoms with van der Waals surface area (Å²) in [5, 5.41) is 0. The van der Waals surface area contributed by atoms with Crippen molar-refractivity contribution in [2.24, 2.45) is 0 Å². The summed E-state index contributed by atoms with van der Waals surface area (Å²) < 4.78 is 0.966. The van der Waals surface area contributed by atoms with E-state index in [9.17, 15) is 0 Å². The van der Waals surface area contributed by atoms with Gasteiger partial charge < -0.3 is 4.90 Å². The van der Waals surface area contributed by atoms with Gasteiger partial charge in [0.2, 0.25) is 0 Å². The lowest BCUT2D eigenvalue weighted by atomic mass is 10.2. The molecule has 1 heterocycles. The van der Waals surface area contributed by atoms with E-state index in [0.29, 0.717) is 11.9 Å². The topological polar surface area (TPSA) is 16.1 Å². The number of anilines is 1. The average Bonchev–Trinajstić information content (AvgIpc) is 2.17. The van der Waals surface area contributed by atoms with Crippen molar-refractivity contribution in [2.45, 2.75) is 25.8 Å². The van der Waals surface area contributed by atoms with Gasteiger partial charge in [0, 0.05) is 29.6 Å². The number of pyridine rings is 1. The molecule has 0 aliphatic rings. The van der Waals surface area contributed by atoms with Crippen LogP contribution in [0.25, 0.3) is 0 Å². The van der Waals surface area contributed by atoms with Crippen LogP contribution >= 0.6 is 27.5 Å². The van der Waals surface area contributed by atoms with Crippen molar-refractivity contribution in [3.05, 3.63) is 22.3 Å². The predicted molar refractivity (Wildman–Crippen MR) is 65.0 cm³/mol. The number of halogens is 2. The van der Waals surface area contributed by atoms with Gasteiger partial charge in [-0.25, -0.2) is 4.98 Å². The summed E-state index contributed by atoms with van der Waals surface area (Å²) >= 11 is 9.22. The van der Waals surface area contributed by atoms with Gasteiger partial charge in [-0.15, -0.1) is 11.6 Å². The van der Waals surface area contributed by atoms with Gasteiger partial charge in [0.1, 0.15) is 5.82 Å². The number of nitrogens with zero attached hydrogens (tertiary/aromatic N) is 2. The van der Waals surface area contributed by atoms with Gasteiger partial charge in [0.15, 0.2) is 0 Å². The Morgan fingerprint density at radius 1 is 1.57 bits per heavy atom. The Hall–Kier alpha value is -0.280. The first-order valence-electron chi connectivity index (χ1n) is 4.49. The predicted octanol–water partition coefficient (Wildman–Crippen LogP) is 3.43. The lowest BCUT2D eigenvalue weighted by Crippen LogP contribution is -2.26. The van der Waals surface area contributed by atoms with Crippen LogP contribution in [0.15, 0.2) is 16.7 Å². The van der Waals surface area contributed by atoms with Crippen LogP contribution in [0.3, 0.4) is 0 Å². The first-order valence-corrected chi connectivity index (χ1v) is 5.82. The first-order chi connectivity index (χ1) is 6.56. The third-order valence-electron chi connectivity index (χ3n) is 2.20. The molecule has 14 heavy (non-hydrogen) atoms. The van der Waals surface area contributed by atoms with Crippen LogP contribution in [0, 0.1) is 0 Å². The van der Waals surface area contributed by atoms with Crippen molar-refractivity contribution >= 4 is 33.3 Å². The summed E-state index contributed by atoms with van der Waals surface area (Å²) in [5.74, 6) is 1.46. The fraction of sp³-hybridized carbons (Fsp3) is 0.500. The molecule has 0 bridgehead atoms. The quantitative estimate of drug-likeness (QED) is 0.787. The number of aromatic nitrogens is 1. The van der Waals surface area contributed by atoms with Crippen molar-refractivity contribution in [1.82, 2.24) is 4.98 Å². The second kappa shape index (κ2) is 4.99. The zero-order valence-corrected chi connectivity index (χ0v) is 10.9. The smallest absolute Gasteiger partial charge is 0.128 e. The maximum atomic E-state index is 5.81. The molecule has 78 valence electrons. The first kappa shape index (κ1) is 11.8. The molecule has 0 aliphatic carbocycles. The van der Waals surface area contributed by atoms with E-state index in [2.05, 4.69) is 39.7 Å². The van der Waals surface area contributed by atoms with E-state index in [4.69, 9.17) is 11.6 Å². The summed E-state index contributed by atoms with van der Waals surface area (Å²) in [5.41, 5.74) is 1.07. The molecule has 1 aromatic rings. The number of hydrogen-bond acceptors (Lipinski definition) is 2. The molecule has 1 rings (SSSR count). The van der Waals surface area contributed by atoms with Gasteiger partial charge in [-0.2, -0.15) is 0 Å². The van der Waals surface area contributed by atoms with E-state index in [-0.39, 0.29) is 0 Å². The molecule has 4 heteroatoms. The highest BCUT2D eigenvalue weighted by atomic mass is 79.9. The Bertz CT molecular complexity index is 315. The largest absolute Gasteiger partial charge is 0.357 e. The highest BCUT2D eigenvalue weighted by Crippen LogP contribution is 2.22. The molecule has 2 nitrogen and oxygen atoms in total. The van der Waals surface area contributed by atoms with Crippen molar-refractivity contribution < 1.29 is 0 Å². The number of hydrogen-bond donors (Lipinski definition) is 0. The van der Waals surface area contributed by atoms with Crippen molar-refractivity contribution in [3.8, 4) is 0 Å². The maximum absolute atomic E-state index is 5.81. The van der Waals surface area contributed by atoms with Crippen molar-refractivity contribution in [3.63, 3.8) is 0 Å². The van der Waals surface area contributed by atoms with Crippen molar-refractivity contribution in [2.75, 3.05) is 11.9 Å². The van der Waals surface area contributed by atoms with Crippen LogP contribution < -0.4 is 4.90 Å². The number of rotatable bonds is 3. The second-order valence-electron chi connectivity index (χ2n) is 3.47. The van der Waals surface area contributed by atoms with Gasteiger partial charge in [-0.1, -0.05) is 0 Å².